The number of aromatic carboxylic acids is 1. The Balaban J connectivity index is 1.61. The van der Waals surface area contributed by atoms with Crippen LogP contribution in [-0.4, -0.2) is 59.6 Å². The number of sulfone groups is 1. The van der Waals surface area contributed by atoms with Crippen LogP contribution in [0.15, 0.2) is 24.3 Å². The maximum atomic E-state index is 12.9. The van der Waals surface area contributed by atoms with Crippen LogP contribution < -0.4 is 0 Å². The zero-order valence-electron chi connectivity index (χ0n) is 15.2. The Morgan fingerprint density at radius 2 is 1.89 bits per heavy atom. The van der Waals surface area contributed by atoms with Gasteiger partial charge in [-0.15, -0.1) is 11.8 Å². The first kappa shape index (κ1) is 20.2. The molecular weight excluding hydrogens is 386 g/mol. The summed E-state index contributed by atoms with van der Waals surface area (Å²) in [6.07, 6.45) is 4.61. The van der Waals surface area contributed by atoms with Gasteiger partial charge in [-0.05, 0) is 37.0 Å². The van der Waals surface area contributed by atoms with E-state index in [-0.39, 0.29) is 40.8 Å². The lowest BCUT2D eigenvalue weighted by Gasteiger charge is -2.34. The first-order valence-corrected chi connectivity index (χ1v) is 12.2. The maximum Gasteiger partial charge on any atom is 0.335 e. The smallest absolute Gasteiger partial charge is 0.335 e. The molecule has 1 atom stereocenters. The number of carbonyl (C=O) groups excluding carboxylic acids is 1. The average molecular weight is 412 g/mol. The molecule has 1 aromatic carbocycles. The van der Waals surface area contributed by atoms with E-state index < -0.39 is 15.8 Å². The van der Waals surface area contributed by atoms with Crippen molar-refractivity contribution < 1.29 is 23.1 Å². The molecule has 1 saturated carbocycles. The van der Waals surface area contributed by atoms with Crippen molar-refractivity contribution in [3.8, 4) is 0 Å². The van der Waals surface area contributed by atoms with Crippen LogP contribution in [0.4, 0.5) is 0 Å². The van der Waals surface area contributed by atoms with Gasteiger partial charge >= 0.3 is 5.97 Å². The van der Waals surface area contributed by atoms with E-state index in [9.17, 15) is 18.0 Å². The van der Waals surface area contributed by atoms with Crippen LogP contribution in [0.25, 0.3) is 0 Å². The second kappa shape index (κ2) is 8.65. The summed E-state index contributed by atoms with van der Waals surface area (Å²) in [6.45, 7) is 0. The van der Waals surface area contributed by atoms with Gasteiger partial charge in [-0.2, -0.15) is 0 Å². The molecule has 1 saturated heterocycles. The highest BCUT2D eigenvalue weighted by Gasteiger charge is 2.38. The Bertz CT molecular complexity index is 802. The number of amides is 1. The van der Waals surface area contributed by atoms with Crippen molar-refractivity contribution in [3.63, 3.8) is 0 Å². The van der Waals surface area contributed by atoms with Gasteiger partial charge < -0.3 is 10.0 Å². The monoisotopic (exact) mass is 411 g/mol. The molecule has 1 unspecified atom stereocenters. The lowest BCUT2D eigenvalue weighted by molar-refractivity contribution is -0.132. The van der Waals surface area contributed by atoms with Crippen molar-refractivity contribution >= 4 is 33.5 Å². The number of nitrogens with zero attached hydrogens (tertiary/aromatic N) is 1. The molecule has 3 rings (SSSR count). The van der Waals surface area contributed by atoms with Crippen molar-refractivity contribution in [2.24, 2.45) is 0 Å². The molecule has 1 aliphatic heterocycles. The number of hydrogen-bond donors (Lipinski definition) is 1. The van der Waals surface area contributed by atoms with E-state index in [0.717, 1.165) is 31.2 Å². The number of carboxylic acids is 1. The minimum Gasteiger partial charge on any atom is -0.478 e. The Labute approximate surface area is 164 Å². The summed E-state index contributed by atoms with van der Waals surface area (Å²) in [5.74, 6) is 0.124. The summed E-state index contributed by atoms with van der Waals surface area (Å²) in [5, 5.41) is 9.06. The molecular formula is C19H25NO5S2. The van der Waals surface area contributed by atoms with E-state index >= 15 is 0 Å². The molecule has 0 aromatic heterocycles. The fourth-order valence-corrected chi connectivity index (χ4v) is 6.56. The zero-order valence-corrected chi connectivity index (χ0v) is 16.8. The van der Waals surface area contributed by atoms with Gasteiger partial charge in [0, 0.05) is 17.8 Å². The van der Waals surface area contributed by atoms with Crippen LogP contribution in [0.5, 0.6) is 0 Å². The third kappa shape index (κ3) is 5.25. The summed E-state index contributed by atoms with van der Waals surface area (Å²) in [6, 6.07) is 6.69. The molecule has 1 N–H and O–H groups in total. The molecule has 8 heteroatoms. The summed E-state index contributed by atoms with van der Waals surface area (Å²) in [5.41, 5.74) is 1.10. The Morgan fingerprint density at radius 1 is 1.15 bits per heavy atom. The molecule has 148 valence electrons. The van der Waals surface area contributed by atoms with Gasteiger partial charge in [-0.1, -0.05) is 25.0 Å². The summed E-state index contributed by atoms with van der Waals surface area (Å²) in [7, 11) is -3.04. The summed E-state index contributed by atoms with van der Waals surface area (Å²) >= 11 is 1.45. The molecule has 2 aliphatic rings. The molecule has 1 heterocycles. The summed E-state index contributed by atoms with van der Waals surface area (Å²) in [4.78, 5) is 25.8. The van der Waals surface area contributed by atoms with E-state index in [4.69, 9.17) is 5.11 Å². The van der Waals surface area contributed by atoms with Crippen molar-refractivity contribution in [2.45, 2.75) is 49.9 Å². The Hall–Kier alpha value is -1.54. The highest BCUT2D eigenvalue weighted by Crippen LogP contribution is 2.30. The highest BCUT2D eigenvalue weighted by atomic mass is 32.2. The zero-order chi connectivity index (χ0) is 19.4. The first-order valence-electron chi connectivity index (χ1n) is 9.27. The lowest BCUT2D eigenvalue weighted by atomic mass is 10.1. The van der Waals surface area contributed by atoms with E-state index in [1.807, 2.05) is 11.0 Å². The molecule has 1 amide bonds. The van der Waals surface area contributed by atoms with Gasteiger partial charge in [0.05, 0.1) is 22.8 Å². The largest absolute Gasteiger partial charge is 0.478 e. The van der Waals surface area contributed by atoms with Crippen molar-refractivity contribution in [3.05, 3.63) is 35.4 Å². The molecule has 1 aliphatic carbocycles. The topological polar surface area (TPSA) is 91.8 Å². The van der Waals surface area contributed by atoms with E-state index in [0.29, 0.717) is 12.2 Å². The highest BCUT2D eigenvalue weighted by molar-refractivity contribution is 7.99. The minimum atomic E-state index is -3.04. The standard InChI is InChI=1S/C19H25NO5S2/c21-18(12-26-11-14-4-3-5-15(10-14)19(22)23)20(16-6-1-2-7-16)17-8-9-27(24,25)13-17/h3-5,10,16-17H,1-2,6-9,11-13H2,(H,22,23). The van der Waals surface area contributed by atoms with Gasteiger partial charge in [-0.3, -0.25) is 4.79 Å². The molecule has 6 nitrogen and oxygen atoms in total. The third-order valence-corrected chi connectivity index (χ3v) is 8.01. The fourth-order valence-electron chi connectivity index (χ4n) is 4.01. The van der Waals surface area contributed by atoms with Crippen LogP contribution >= 0.6 is 11.8 Å². The van der Waals surface area contributed by atoms with Crippen molar-refractivity contribution in [1.29, 1.82) is 0 Å². The van der Waals surface area contributed by atoms with Gasteiger partial charge in [0.25, 0.3) is 0 Å². The third-order valence-electron chi connectivity index (χ3n) is 5.28. The van der Waals surface area contributed by atoms with E-state index in [1.165, 1.54) is 11.8 Å². The predicted octanol–water partition coefficient (Wildman–Crippen LogP) is 2.58. The van der Waals surface area contributed by atoms with Crippen LogP contribution in [0.3, 0.4) is 0 Å². The molecule has 0 spiro atoms. The minimum absolute atomic E-state index is 0.00314. The molecule has 0 bridgehead atoms. The van der Waals surface area contributed by atoms with Crippen LogP contribution in [0, 0.1) is 0 Å². The number of thioether (sulfide) groups is 1. The normalized spacial score (nSPS) is 22.0. The number of hydrogen-bond acceptors (Lipinski definition) is 5. The van der Waals surface area contributed by atoms with Gasteiger partial charge in [0.1, 0.15) is 0 Å². The summed E-state index contributed by atoms with van der Waals surface area (Å²) < 4.78 is 23.8. The van der Waals surface area contributed by atoms with E-state index in [1.54, 1.807) is 18.2 Å². The number of carbonyl (C=O) groups is 2. The first-order chi connectivity index (χ1) is 12.9. The van der Waals surface area contributed by atoms with Gasteiger partial charge in [0.15, 0.2) is 9.84 Å². The molecule has 2 fully saturated rings. The Kier molecular flexibility index (Phi) is 6.47. The Morgan fingerprint density at radius 3 is 2.52 bits per heavy atom. The number of rotatable bonds is 7. The van der Waals surface area contributed by atoms with Crippen LogP contribution in [0.1, 0.15) is 48.0 Å². The van der Waals surface area contributed by atoms with Crippen LogP contribution in [-0.2, 0) is 20.4 Å². The average Bonchev–Trinajstić information content (AvgIpc) is 3.25. The van der Waals surface area contributed by atoms with Crippen molar-refractivity contribution in [1.82, 2.24) is 4.90 Å². The maximum absolute atomic E-state index is 12.9. The fraction of sp³-hybridized carbons (Fsp3) is 0.579. The lowest BCUT2D eigenvalue weighted by Crippen LogP contribution is -2.47. The molecule has 27 heavy (non-hydrogen) atoms. The van der Waals surface area contributed by atoms with E-state index in [2.05, 4.69) is 0 Å². The number of benzene rings is 1. The van der Waals surface area contributed by atoms with Crippen molar-refractivity contribution in [2.75, 3.05) is 17.3 Å². The van der Waals surface area contributed by atoms with Gasteiger partial charge in [-0.25, -0.2) is 13.2 Å². The SMILES string of the molecule is O=C(O)c1cccc(CSCC(=O)N(C2CCCC2)C2CCS(=O)(=O)C2)c1. The number of carboxylic acid groups (broad SMARTS) is 1. The second-order valence-electron chi connectivity index (χ2n) is 7.29. The van der Waals surface area contributed by atoms with Crippen LogP contribution in [0.2, 0.25) is 0 Å². The predicted molar refractivity (Wildman–Crippen MR) is 106 cm³/mol. The van der Waals surface area contributed by atoms with Gasteiger partial charge in [0.2, 0.25) is 5.91 Å². The molecule has 1 aromatic rings. The molecule has 0 radical (unpaired) electrons. The second-order valence-corrected chi connectivity index (χ2v) is 10.5. The quantitative estimate of drug-likeness (QED) is 0.741.